The Hall–Kier alpha value is -4.17. The quantitative estimate of drug-likeness (QED) is 0.568. The molecule has 174 valence electrons. The van der Waals surface area contributed by atoms with Crippen LogP contribution in [0, 0.1) is 11.3 Å². The second-order valence-electron chi connectivity index (χ2n) is 7.58. The van der Waals surface area contributed by atoms with E-state index in [0.717, 1.165) is 10.6 Å². The van der Waals surface area contributed by atoms with Gasteiger partial charge in [-0.25, -0.2) is 18.7 Å². The largest absolute Gasteiger partial charge is 0.483 e. The summed E-state index contributed by atoms with van der Waals surface area (Å²) in [6, 6.07) is 11.7. The standard InChI is InChI=1S/C23H20F2N6O3/c24-23(25)14-31(21(33)13-32)10-6-20(23)34-19-2-1-15(11-16(19)12-26)18-5-9-28-22(30-18)29-17-3-7-27-8-4-17/h1-5,7-9,11,20,32H,6,10,13-14H2,(H,27,28,29,30). The summed E-state index contributed by atoms with van der Waals surface area (Å²) in [5.41, 5.74) is 1.93. The van der Waals surface area contributed by atoms with E-state index in [0.29, 0.717) is 17.2 Å². The van der Waals surface area contributed by atoms with Crippen molar-refractivity contribution in [1.82, 2.24) is 19.9 Å². The zero-order valence-corrected chi connectivity index (χ0v) is 17.9. The van der Waals surface area contributed by atoms with Crippen molar-refractivity contribution in [2.75, 3.05) is 25.0 Å². The van der Waals surface area contributed by atoms with Gasteiger partial charge >= 0.3 is 5.92 Å². The Balaban J connectivity index is 1.52. The van der Waals surface area contributed by atoms with E-state index in [-0.39, 0.29) is 24.3 Å². The molecule has 2 N–H and O–H groups in total. The minimum Gasteiger partial charge on any atom is -0.483 e. The van der Waals surface area contributed by atoms with Crippen LogP contribution in [0.1, 0.15) is 12.0 Å². The number of hydrogen-bond acceptors (Lipinski definition) is 8. The first-order chi connectivity index (χ1) is 16.4. The monoisotopic (exact) mass is 466 g/mol. The number of benzene rings is 1. The fraction of sp³-hybridized carbons (Fsp3) is 0.261. The summed E-state index contributed by atoms with van der Waals surface area (Å²) in [5, 5.41) is 21.6. The molecule has 1 saturated heterocycles. The lowest BCUT2D eigenvalue weighted by atomic mass is 10.0. The molecule has 1 unspecified atom stereocenters. The number of hydrogen-bond donors (Lipinski definition) is 2. The van der Waals surface area contributed by atoms with Crippen LogP contribution in [0.2, 0.25) is 0 Å². The molecule has 4 rings (SSSR count). The summed E-state index contributed by atoms with van der Waals surface area (Å²) < 4.78 is 34.7. The number of ether oxygens (including phenoxy) is 1. The number of pyridine rings is 1. The Morgan fingerprint density at radius 2 is 2.06 bits per heavy atom. The predicted octanol–water partition coefficient (Wildman–Crippen LogP) is 2.76. The van der Waals surface area contributed by atoms with Gasteiger partial charge in [-0.3, -0.25) is 9.78 Å². The molecule has 3 aromatic rings. The van der Waals surface area contributed by atoms with Gasteiger partial charge in [0.1, 0.15) is 18.4 Å². The first-order valence-electron chi connectivity index (χ1n) is 10.4. The van der Waals surface area contributed by atoms with Gasteiger partial charge in [-0.05, 0) is 36.4 Å². The number of aliphatic hydroxyl groups excluding tert-OH is 1. The minimum absolute atomic E-state index is 0.0158. The number of carbonyl (C=O) groups is 1. The van der Waals surface area contributed by atoms with Gasteiger partial charge in [0.15, 0.2) is 6.10 Å². The molecule has 2 aromatic heterocycles. The zero-order valence-electron chi connectivity index (χ0n) is 17.9. The molecular formula is C23H20F2N6O3. The molecule has 0 aliphatic carbocycles. The fourth-order valence-electron chi connectivity index (χ4n) is 3.55. The number of aliphatic hydroxyl groups is 1. The minimum atomic E-state index is -3.34. The molecule has 9 nitrogen and oxygen atoms in total. The smallest absolute Gasteiger partial charge is 0.301 e. The third kappa shape index (κ3) is 5.07. The highest BCUT2D eigenvalue weighted by Crippen LogP contribution is 2.33. The third-order valence-electron chi connectivity index (χ3n) is 5.28. The second-order valence-corrected chi connectivity index (χ2v) is 7.58. The number of nitrogens with zero attached hydrogens (tertiary/aromatic N) is 5. The van der Waals surface area contributed by atoms with Crippen molar-refractivity contribution in [1.29, 1.82) is 5.26 Å². The van der Waals surface area contributed by atoms with Crippen LogP contribution in [-0.2, 0) is 4.79 Å². The number of piperidine rings is 1. The number of alkyl halides is 2. The van der Waals surface area contributed by atoms with Gasteiger partial charge in [0.25, 0.3) is 0 Å². The van der Waals surface area contributed by atoms with Crippen molar-refractivity contribution < 1.29 is 23.4 Å². The van der Waals surface area contributed by atoms with Crippen LogP contribution in [-0.4, -0.2) is 62.6 Å². The molecule has 1 aliphatic rings. The summed E-state index contributed by atoms with van der Waals surface area (Å²) >= 11 is 0. The van der Waals surface area contributed by atoms with Crippen molar-refractivity contribution in [2.45, 2.75) is 18.4 Å². The van der Waals surface area contributed by atoms with E-state index in [4.69, 9.17) is 9.84 Å². The van der Waals surface area contributed by atoms with Gasteiger partial charge in [0, 0.05) is 42.8 Å². The Kier molecular flexibility index (Phi) is 6.60. The van der Waals surface area contributed by atoms with Crippen molar-refractivity contribution in [2.24, 2.45) is 0 Å². The van der Waals surface area contributed by atoms with Crippen LogP contribution >= 0.6 is 0 Å². The van der Waals surface area contributed by atoms with Crippen molar-refractivity contribution in [3.8, 4) is 23.1 Å². The number of nitrogens with one attached hydrogen (secondary N) is 1. The summed E-state index contributed by atoms with van der Waals surface area (Å²) in [6.45, 7) is -1.66. The Morgan fingerprint density at radius 3 is 2.76 bits per heavy atom. The highest BCUT2D eigenvalue weighted by Gasteiger charge is 2.47. The lowest BCUT2D eigenvalue weighted by molar-refractivity contribution is -0.161. The molecular weight excluding hydrogens is 446 g/mol. The Labute approximate surface area is 193 Å². The molecule has 1 atom stereocenters. The van der Waals surface area contributed by atoms with E-state index in [2.05, 4.69) is 20.3 Å². The molecule has 0 radical (unpaired) electrons. The molecule has 3 heterocycles. The highest BCUT2D eigenvalue weighted by atomic mass is 19.3. The topological polar surface area (TPSA) is 124 Å². The molecule has 1 aliphatic heterocycles. The van der Waals surface area contributed by atoms with E-state index < -0.39 is 31.1 Å². The van der Waals surface area contributed by atoms with Gasteiger partial charge in [0.2, 0.25) is 11.9 Å². The summed E-state index contributed by atoms with van der Waals surface area (Å²) in [6.07, 6.45) is 3.17. The number of halogens is 2. The van der Waals surface area contributed by atoms with E-state index in [1.54, 1.807) is 42.9 Å². The maximum Gasteiger partial charge on any atom is 0.301 e. The summed E-state index contributed by atoms with van der Waals surface area (Å²) in [5.74, 6) is -3.74. The van der Waals surface area contributed by atoms with Crippen LogP contribution in [0.4, 0.5) is 20.4 Å². The van der Waals surface area contributed by atoms with Crippen LogP contribution < -0.4 is 10.1 Å². The lowest BCUT2D eigenvalue weighted by Crippen LogP contribution is -2.55. The maximum atomic E-state index is 14.6. The van der Waals surface area contributed by atoms with E-state index in [9.17, 15) is 18.8 Å². The fourth-order valence-corrected chi connectivity index (χ4v) is 3.55. The van der Waals surface area contributed by atoms with Crippen LogP contribution in [0.3, 0.4) is 0 Å². The lowest BCUT2D eigenvalue weighted by Gasteiger charge is -2.38. The van der Waals surface area contributed by atoms with Gasteiger partial charge in [-0.15, -0.1) is 0 Å². The van der Waals surface area contributed by atoms with Gasteiger partial charge in [0.05, 0.1) is 17.8 Å². The number of amides is 1. The molecule has 34 heavy (non-hydrogen) atoms. The molecule has 0 bridgehead atoms. The normalized spacial score (nSPS) is 17.0. The Bertz CT molecular complexity index is 1220. The molecule has 1 aromatic carbocycles. The zero-order chi connectivity index (χ0) is 24.1. The summed E-state index contributed by atoms with van der Waals surface area (Å²) in [4.78, 5) is 25.0. The number of carbonyl (C=O) groups excluding carboxylic acids is 1. The first kappa shape index (κ1) is 23.0. The number of rotatable bonds is 6. The van der Waals surface area contributed by atoms with E-state index >= 15 is 0 Å². The number of likely N-dealkylation sites (tertiary alicyclic amines) is 1. The average Bonchev–Trinajstić information content (AvgIpc) is 2.85. The van der Waals surface area contributed by atoms with Gasteiger partial charge in [-0.2, -0.15) is 5.26 Å². The number of anilines is 2. The SMILES string of the molecule is N#Cc1cc(-c2ccnc(Nc3ccncc3)n2)ccc1OC1CCN(C(=O)CO)CC1(F)F. The molecule has 0 spiro atoms. The predicted molar refractivity (Wildman–Crippen MR) is 117 cm³/mol. The second kappa shape index (κ2) is 9.76. The first-order valence-corrected chi connectivity index (χ1v) is 10.4. The van der Waals surface area contributed by atoms with Gasteiger partial charge < -0.3 is 20.1 Å². The van der Waals surface area contributed by atoms with Crippen molar-refractivity contribution in [3.05, 3.63) is 60.6 Å². The average molecular weight is 466 g/mol. The Morgan fingerprint density at radius 1 is 1.26 bits per heavy atom. The van der Waals surface area contributed by atoms with Crippen LogP contribution in [0.5, 0.6) is 5.75 Å². The maximum absolute atomic E-state index is 14.6. The van der Waals surface area contributed by atoms with Crippen LogP contribution in [0.15, 0.2) is 55.0 Å². The van der Waals surface area contributed by atoms with E-state index in [1.807, 2.05) is 6.07 Å². The molecule has 0 saturated carbocycles. The van der Waals surface area contributed by atoms with Crippen LogP contribution in [0.25, 0.3) is 11.3 Å². The van der Waals surface area contributed by atoms with Gasteiger partial charge in [-0.1, -0.05) is 0 Å². The highest BCUT2D eigenvalue weighted by molar-refractivity contribution is 5.77. The number of nitriles is 1. The molecule has 11 heteroatoms. The number of aromatic nitrogens is 3. The van der Waals surface area contributed by atoms with E-state index in [1.165, 1.54) is 12.1 Å². The summed E-state index contributed by atoms with van der Waals surface area (Å²) in [7, 11) is 0. The molecule has 1 fully saturated rings. The van der Waals surface area contributed by atoms with Crippen molar-refractivity contribution in [3.63, 3.8) is 0 Å². The molecule has 1 amide bonds. The third-order valence-corrected chi connectivity index (χ3v) is 5.28. The van der Waals surface area contributed by atoms with Crippen molar-refractivity contribution >= 4 is 17.5 Å².